The highest BCUT2D eigenvalue weighted by Crippen LogP contribution is 2.24. The van der Waals surface area contributed by atoms with Gasteiger partial charge in [0, 0.05) is 6.54 Å². The van der Waals surface area contributed by atoms with Crippen LogP contribution in [0, 0.1) is 5.82 Å². The molecule has 0 radical (unpaired) electrons. The highest BCUT2D eigenvalue weighted by atomic mass is 32.2. The summed E-state index contributed by atoms with van der Waals surface area (Å²) < 4.78 is 39.8. The van der Waals surface area contributed by atoms with Gasteiger partial charge in [0.25, 0.3) is 0 Å². The highest BCUT2D eigenvalue weighted by Gasteiger charge is 2.21. The Morgan fingerprint density at radius 1 is 1.29 bits per heavy atom. The highest BCUT2D eigenvalue weighted by molar-refractivity contribution is 7.90. The zero-order chi connectivity index (χ0) is 15.6. The van der Waals surface area contributed by atoms with Crippen LogP contribution in [-0.4, -0.2) is 18.2 Å². The normalized spacial score (nSPS) is 11.8. The van der Waals surface area contributed by atoms with E-state index in [1.165, 1.54) is 6.07 Å². The lowest BCUT2D eigenvalue weighted by Crippen LogP contribution is -2.12. The van der Waals surface area contributed by atoms with Gasteiger partial charge in [-0.05, 0) is 37.6 Å². The van der Waals surface area contributed by atoms with Gasteiger partial charge in [0.05, 0.1) is 27.7 Å². The van der Waals surface area contributed by atoms with Crippen molar-refractivity contribution in [3.05, 3.63) is 41.5 Å². The van der Waals surface area contributed by atoms with E-state index in [1.807, 2.05) is 13.8 Å². The quantitative estimate of drug-likeness (QED) is 0.858. The van der Waals surface area contributed by atoms with Crippen LogP contribution in [0.15, 0.2) is 29.2 Å². The van der Waals surface area contributed by atoms with E-state index in [4.69, 9.17) is 5.73 Å². The Hall–Kier alpha value is -1.89. The summed E-state index contributed by atoms with van der Waals surface area (Å²) in [5, 5.41) is 4.31. The minimum Gasteiger partial charge on any atom is -0.398 e. The molecule has 1 aromatic heterocycles. The standard InChI is InChI=1S/C14H18FN3O2S/c1-3-11-8-12(18(4-2)17-11)9-21(19,20)14-7-10(15)5-6-13(14)16/h5-8H,3-4,9,16H2,1-2H3. The van der Waals surface area contributed by atoms with Crippen molar-refractivity contribution in [3.63, 3.8) is 0 Å². The van der Waals surface area contributed by atoms with Crippen LogP contribution in [0.4, 0.5) is 10.1 Å². The number of nitrogens with two attached hydrogens (primary N) is 1. The first kappa shape index (κ1) is 15.5. The molecule has 0 unspecified atom stereocenters. The van der Waals surface area contributed by atoms with E-state index in [9.17, 15) is 12.8 Å². The van der Waals surface area contributed by atoms with Gasteiger partial charge in [0.15, 0.2) is 9.84 Å². The molecular formula is C14H18FN3O2S. The van der Waals surface area contributed by atoms with Crippen LogP contribution < -0.4 is 5.73 Å². The van der Waals surface area contributed by atoms with Crippen LogP contribution in [0.1, 0.15) is 25.2 Å². The smallest absolute Gasteiger partial charge is 0.186 e. The lowest BCUT2D eigenvalue weighted by molar-refractivity contribution is 0.582. The molecule has 0 aliphatic heterocycles. The number of nitrogens with zero attached hydrogens (tertiary/aromatic N) is 2. The SMILES string of the molecule is CCc1cc(CS(=O)(=O)c2cc(F)ccc2N)n(CC)n1. The number of nitrogen functional groups attached to an aromatic ring is 1. The molecule has 2 N–H and O–H groups in total. The number of hydrogen-bond donors (Lipinski definition) is 1. The number of halogens is 1. The van der Waals surface area contributed by atoms with E-state index < -0.39 is 15.7 Å². The number of sulfone groups is 1. The molecule has 114 valence electrons. The average molecular weight is 311 g/mol. The number of hydrogen-bond acceptors (Lipinski definition) is 4. The summed E-state index contributed by atoms with van der Waals surface area (Å²) in [6.45, 7) is 4.41. The molecular weight excluding hydrogens is 293 g/mol. The van der Waals surface area contributed by atoms with Gasteiger partial charge < -0.3 is 5.73 Å². The fourth-order valence-corrected chi connectivity index (χ4v) is 3.62. The molecule has 0 amide bonds. The molecule has 2 rings (SSSR count). The van der Waals surface area contributed by atoms with Gasteiger partial charge in [-0.25, -0.2) is 12.8 Å². The Morgan fingerprint density at radius 3 is 2.62 bits per heavy atom. The van der Waals surface area contributed by atoms with Gasteiger partial charge in [-0.3, -0.25) is 4.68 Å². The summed E-state index contributed by atoms with van der Waals surface area (Å²) in [5.41, 5.74) is 7.12. The summed E-state index contributed by atoms with van der Waals surface area (Å²) in [4.78, 5) is -0.176. The summed E-state index contributed by atoms with van der Waals surface area (Å²) in [6, 6.07) is 5.12. The molecule has 1 aromatic carbocycles. The molecule has 5 nitrogen and oxygen atoms in total. The minimum atomic E-state index is -3.72. The largest absolute Gasteiger partial charge is 0.398 e. The van der Waals surface area contributed by atoms with Crippen LogP contribution in [0.3, 0.4) is 0 Å². The molecule has 0 saturated carbocycles. The van der Waals surface area contributed by atoms with E-state index in [0.717, 1.165) is 24.2 Å². The summed E-state index contributed by atoms with van der Waals surface area (Å²) in [6.07, 6.45) is 0.724. The summed E-state index contributed by atoms with van der Waals surface area (Å²) >= 11 is 0. The van der Waals surface area contributed by atoms with Crippen molar-refractivity contribution in [1.29, 1.82) is 0 Å². The minimum absolute atomic E-state index is 0.0506. The van der Waals surface area contributed by atoms with Crippen molar-refractivity contribution in [2.75, 3.05) is 5.73 Å². The molecule has 0 saturated heterocycles. The molecule has 7 heteroatoms. The number of anilines is 1. The predicted molar refractivity (Wildman–Crippen MR) is 79.0 cm³/mol. The lowest BCUT2D eigenvalue weighted by Gasteiger charge is -2.08. The third-order valence-electron chi connectivity index (χ3n) is 3.22. The Labute approximate surface area is 123 Å². The fraction of sp³-hybridized carbons (Fsp3) is 0.357. The molecule has 2 aromatic rings. The topological polar surface area (TPSA) is 78.0 Å². The first-order valence-corrected chi connectivity index (χ1v) is 8.36. The Morgan fingerprint density at radius 2 is 2.00 bits per heavy atom. The van der Waals surface area contributed by atoms with Gasteiger partial charge in [0.2, 0.25) is 0 Å². The second-order valence-corrected chi connectivity index (χ2v) is 6.70. The molecule has 21 heavy (non-hydrogen) atoms. The predicted octanol–water partition coefficient (Wildman–Crippen LogP) is 2.16. The van der Waals surface area contributed by atoms with Crippen LogP contribution >= 0.6 is 0 Å². The Balaban J connectivity index is 2.42. The number of benzene rings is 1. The molecule has 1 heterocycles. The van der Waals surface area contributed by atoms with Gasteiger partial charge in [-0.2, -0.15) is 5.10 Å². The van der Waals surface area contributed by atoms with E-state index in [1.54, 1.807) is 10.7 Å². The van der Waals surface area contributed by atoms with Crippen LogP contribution in [-0.2, 0) is 28.6 Å². The maximum atomic E-state index is 13.3. The average Bonchev–Trinajstić information content (AvgIpc) is 2.82. The molecule has 0 atom stereocenters. The van der Waals surface area contributed by atoms with E-state index in [-0.39, 0.29) is 16.3 Å². The number of aryl methyl sites for hydroxylation is 2. The van der Waals surface area contributed by atoms with Crippen molar-refractivity contribution >= 4 is 15.5 Å². The second-order valence-electron chi connectivity index (χ2n) is 4.74. The summed E-state index contributed by atoms with van der Waals surface area (Å²) in [5.74, 6) is -0.873. The van der Waals surface area contributed by atoms with E-state index in [2.05, 4.69) is 5.10 Å². The van der Waals surface area contributed by atoms with Crippen LogP contribution in [0.5, 0.6) is 0 Å². The van der Waals surface area contributed by atoms with Crippen molar-refractivity contribution < 1.29 is 12.8 Å². The third-order valence-corrected chi connectivity index (χ3v) is 4.92. The third kappa shape index (κ3) is 3.24. The van der Waals surface area contributed by atoms with Gasteiger partial charge in [-0.1, -0.05) is 6.92 Å². The van der Waals surface area contributed by atoms with E-state index in [0.29, 0.717) is 12.2 Å². The van der Waals surface area contributed by atoms with Crippen molar-refractivity contribution in [2.45, 2.75) is 37.5 Å². The lowest BCUT2D eigenvalue weighted by atomic mass is 10.3. The van der Waals surface area contributed by atoms with Crippen molar-refractivity contribution in [1.82, 2.24) is 9.78 Å². The number of aromatic nitrogens is 2. The monoisotopic (exact) mass is 311 g/mol. The molecule has 0 fully saturated rings. The van der Waals surface area contributed by atoms with Gasteiger partial charge in [-0.15, -0.1) is 0 Å². The van der Waals surface area contributed by atoms with Crippen molar-refractivity contribution in [3.8, 4) is 0 Å². The van der Waals surface area contributed by atoms with Crippen LogP contribution in [0.25, 0.3) is 0 Å². The zero-order valence-corrected chi connectivity index (χ0v) is 12.8. The fourth-order valence-electron chi connectivity index (χ4n) is 2.13. The Bertz CT molecular complexity index is 754. The summed E-state index contributed by atoms with van der Waals surface area (Å²) in [7, 11) is -3.72. The van der Waals surface area contributed by atoms with E-state index >= 15 is 0 Å². The number of rotatable bonds is 5. The maximum Gasteiger partial charge on any atom is 0.186 e. The van der Waals surface area contributed by atoms with Crippen LogP contribution in [0.2, 0.25) is 0 Å². The second kappa shape index (κ2) is 5.85. The zero-order valence-electron chi connectivity index (χ0n) is 12.0. The first-order chi connectivity index (χ1) is 9.87. The van der Waals surface area contributed by atoms with Gasteiger partial charge >= 0.3 is 0 Å². The molecule has 0 aliphatic rings. The van der Waals surface area contributed by atoms with Gasteiger partial charge in [0.1, 0.15) is 5.82 Å². The molecule has 0 aliphatic carbocycles. The molecule has 0 spiro atoms. The Kier molecular flexibility index (Phi) is 4.32. The van der Waals surface area contributed by atoms with Crippen molar-refractivity contribution in [2.24, 2.45) is 0 Å². The first-order valence-electron chi connectivity index (χ1n) is 6.70. The molecule has 0 bridgehead atoms. The maximum absolute atomic E-state index is 13.3.